The van der Waals surface area contributed by atoms with Crippen LogP contribution in [0.2, 0.25) is 0 Å². The van der Waals surface area contributed by atoms with Crippen molar-refractivity contribution in [1.82, 2.24) is 0 Å². The SMILES string of the molecule is CCCCCCCCC(CCCCCC(O)CCC)S(=O)(=O)[O-].[K+]. The minimum atomic E-state index is -4.17. The fraction of sp³-hybridized carbons (Fsp3) is 1.00. The first kappa shape index (κ1) is 27.7. The van der Waals surface area contributed by atoms with E-state index < -0.39 is 15.4 Å². The summed E-state index contributed by atoms with van der Waals surface area (Å²) in [5.41, 5.74) is 0. The molecular weight excluding hydrogens is 351 g/mol. The van der Waals surface area contributed by atoms with E-state index in [0.717, 1.165) is 57.8 Å². The quantitative estimate of drug-likeness (QED) is 0.248. The summed E-state index contributed by atoms with van der Waals surface area (Å²) in [6.07, 6.45) is 12.5. The van der Waals surface area contributed by atoms with Gasteiger partial charge in [0.2, 0.25) is 0 Å². The Balaban J connectivity index is 0. The monoisotopic (exact) mass is 388 g/mol. The second-order valence-corrected chi connectivity index (χ2v) is 8.40. The zero-order chi connectivity index (χ0) is 17.6. The number of aliphatic hydroxyl groups is 1. The topological polar surface area (TPSA) is 77.4 Å². The van der Waals surface area contributed by atoms with Crippen LogP contribution in [0.3, 0.4) is 0 Å². The van der Waals surface area contributed by atoms with Gasteiger partial charge in [0.25, 0.3) is 0 Å². The predicted molar refractivity (Wildman–Crippen MR) is 95.5 cm³/mol. The van der Waals surface area contributed by atoms with Gasteiger partial charge in [0.1, 0.15) is 0 Å². The predicted octanol–water partition coefficient (Wildman–Crippen LogP) is 1.77. The van der Waals surface area contributed by atoms with Gasteiger partial charge in [-0.15, -0.1) is 0 Å². The molecule has 140 valence electrons. The molecule has 0 aromatic carbocycles. The fourth-order valence-corrected chi connectivity index (χ4v) is 3.90. The minimum absolute atomic E-state index is 0. The van der Waals surface area contributed by atoms with E-state index in [9.17, 15) is 18.1 Å². The summed E-state index contributed by atoms with van der Waals surface area (Å²) in [7, 11) is -4.17. The van der Waals surface area contributed by atoms with Crippen molar-refractivity contribution in [1.29, 1.82) is 0 Å². The molecule has 0 bridgehead atoms. The summed E-state index contributed by atoms with van der Waals surface area (Å²) in [6.45, 7) is 4.22. The molecule has 0 saturated carbocycles. The Labute approximate surface area is 192 Å². The maximum atomic E-state index is 11.4. The molecule has 0 aromatic rings. The standard InChI is InChI=1S/C18H38O4S.K/c1-3-5-6-7-8-11-15-18(23(20,21)22)16-12-9-10-14-17(19)13-4-2;/h17-19H,3-16H2,1-2H3,(H,20,21,22);/q;+1/p-1. The second-order valence-electron chi connectivity index (χ2n) is 6.75. The summed E-state index contributed by atoms with van der Waals surface area (Å²) in [5.74, 6) is 0. The third-order valence-electron chi connectivity index (χ3n) is 4.47. The van der Waals surface area contributed by atoms with Gasteiger partial charge in [0.05, 0.1) is 16.2 Å². The molecule has 0 rings (SSSR count). The van der Waals surface area contributed by atoms with Crippen LogP contribution >= 0.6 is 0 Å². The molecule has 1 N–H and O–H groups in total. The van der Waals surface area contributed by atoms with Crippen LogP contribution in [0.25, 0.3) is 0 Å². The Hall–Kier alpha value is 1.51. The van der Waals surface area contributed by atoms with E-state index in [1.165, 1.54) is 19.3 Å². The summed E-state index contributed by atoms with van der Waals surface area (Å²) in [5, 5.41) is 8.93. The van der Waals surface area contributed by atoms with Gasteiger partial charge in [-0.3, -0.25) is 0 Å². The number of aliphatic hydroxyl groups excluding tert-OH is 1. The third kappa shape index (κ3) is 16.9. The summed E-state index contributed by atoms with van der Waals surface area (Å²) >= 11 is 0. The Morgan fingerprint density at radius 2 is 1.21 bits per heavy atom. The van der Waals surface area contributed by atoms with Crippen LogP contribution in [-0.2, 0) is 10.1 Å². The van der Waals surface area contributed by atoms with Crippen LogP contribution in [-0.4, -0.2) is 29.4 Å². The molecule has 0 fully saturated rings. The summed E-state index contributed by atoms with van der Waals surface area (Å²) in [4.78, 5) is 0. The minimum Gasteiger partial charge on any atom is -0.748 e. The van der Waals surface area contributed by atoms with Crippen LogP contribution in [0, 0.1) is 0 Å². The molecular formula is C18H37KO4S. The van der Waals surface area contributed by atoms with E-state index in [1.54, 1.807) is 0 Å². The fourth-order valence-electron chi connectivity index (χ4n) is 2.99. The van der Waals surface area contributed by atoms with Crippen molar-refractivity contribution < 1.29 is 69.5 Å². The molecule has 0 aliphatic carbocycles. The van der Waals surface area contributed by atoms with E-state index in [0.29, 0.717) is 12.8 Å². The van der Waals surface area contributed by atoms with Crippen molar-refractivity contribution in [3.05, 3.63) is 0 Å². The van der Waals surface area contributed by atoms with Gasteiger partial charge >= 0.3 is 51.4 Å². The van der Waals surface area contributed by atoms with Crippen molar-refractivity contribution in [2.45, 2.75) is 115 Å². The van der Waals surface area contributed by atoms with Crippen molar-refractivity contribution >= 4 is 10.1 Å². The average Bonchev–Trinajstić information content (AvgIpc) is 2.47. The third-order valence-corrected chi connectivity index (χ3v) is 5.76. The molecule has 6 heteroatoms. The molecule has 0 heterocycles. The van der Waals surface area contributed by atoms with E-state index in [1.807, 2.05) is 0 Å². The van der Waals surface area contributed by atoms with Crippen molar-refractivity contribution in [3.63, 3.8) is 0 Å². The zero-order valence-electron chi connectivity index (χ0n) is 16.1. The van der Waals surface area contributed by atoms with Gasteiger partial charge < -0.3 is 9.66 Å². The van der Waals surface area contributed by atoms with Crippen LogP contribution in [0.5, 0.6) is 0 Å². The van der Waals surface area contributed by atoms with E-state index >= 15 is 0 Å². The largest absolute Gasteiger partial charge is 1.00 e. The van der Waals surface area contributed by atoms with Crippen LogP contribution < -0.4 is 51.4 Å². The normalized spacial score (nSPS) is 14.2. The van der Waals surface area contributed by atoms with E-state index in [2.05, 4.69) is 13.8 Å². The van der Waals surface area contributed by atoms with Crippen LogP contribution in [0.1, 0.15) is 104 Å². The molecule has 2 atom stereocenters. The van der Waals surface area contributed by atoms with Gasteiger partial charge in [-0.25, -0.2) is 8.42 Å². The molecule has 0 radical (unpaired) electrons. The maximum absolute atomic E-state index is 11.4. The first-order valence-corrected chi connectivity index (χ1v) is 11.0. The summed E-state index contributed by atoms with van der Waals surface area (Å²) in [6, 6.07) is 0. The first-order chi connectivity index (χ1) is 10.9. The van der Waals surface area contributed by atoms with Gasteiger partial charge in [0.15, 0.2) is 0 Å². The molecule has 0 aliphatic rings. The molecule has 24 heavy (non-hydrogen) atoms. The number of rotatable bonds is 16. The molecule has 0 amide bonds. The number of hydrogen-bond acceptors (Lipinski definition) is 4. The van der Waals surface area contributed by atoms with Gasteiger partial charge in [-0.05, 0) is 25.7 Å². The molecule has 0 spiro atoms. The Morgan fingerprint density at radius 3 is 1.71 bits per heavy atom. The van der Waals surface area contributed by atoms with Crippen molar-refractivity contribution in [3.8, 4) is 0 Å². The van der Waals surface area contributed by atoms with E-state index in [4.69, 9.17) is 0 Å². The van der Waals surface area contributed by atoms with Crippen molar-refractivity contribution in [2.24, 2.45) is 0 Å². The van der Waals surface area contributed by atoms with E-state index in [-0.39, 0.29) is 57.5 Å². The average molecular weight is 389 g/mol. The second kappa shape index (κ2) is 17.9. The Kier molecular flexibility index (Phi) is 20.7. The Bertz CT molecular complexity index is 360. The molecule has 2 unspecified atom stereocenters. The molecule has 0 saturated heterocycles. The van der Waals surface area contributed by atoms with Gasteiger partial charge in [-0.2, -0.15) is 0 Å². The Morgan fingerprint density at radius 1 is 0.750 bits per heavy atom. The van der Waals surface area contributed by atoms with Crippen LogP contribution in [0.15, 0.2) is 0 Å². The van der Waals surface area contributed by atoms with Crippen LogP contribution in [0.4, 0.5) is 0 Å². The summed E-state index contributed by atoms with van der Waals surface area (Å²) < 4.78 is 34.1. The maximum Gasteiger partial charge on any atom is 1.00 e. The molecule has 0 aromatic heterocycles. The smallest absolute Gasteiger partial charge is 0.748 e. The van der Waals surface area contributed by atoms with Gasteiger partial charge in [0, 0.05) is 5.25 Å². The van der Waals surface area contributed by atoms with Gasteiger partial charge in [-0.1, -0.05) is 78.1 Å². The van der Waals surface area contributed by atoms with Crippen molar-refractivity contribution in [2.75, 3.05) is 0 Å². The zero-order valence-corrected chi connectivity index (χ0v) is 20.1. The molecule has 0 aliphatic heterocycles. The number of hydrogen-bond donors (Lipinski definition) is 1. The number of unbranched alkanes of at least 4 members (excludes halogenated alkanes) is 7. The first-order valence-electron chi connectivity index (χ1n) is 9.54. The molecule has 4 nitrogen and oxygen atoms in total.